The van der Waals surface area contributed by atoms with Crippen molar-refractivity contribution in [3.63, 3.8) is 0 Å². The summed E-state index contributed by atoms with van der Waals surface area (Å²) in [6.45, 7) is 1.42. The second-order valence-corrected chi connectivity index (χ2v) is 10.9. The van der Waals surface area contributed by atoms with Crippen molar-refractivity contribution in [3.05, 3.63) is 77.4 Å². The van der Waals surface area contributed by atoms with E-state index in [1.54, 1.807) is 18.2 Å². The maximum Gasteiger partial charge on any atom is 0.262 e. The number of amides is 5. The van der Waals surface area contributed by atoms with Crippen LogP contribution in [0.25, 0.3) is 10.8 Å². The first-order valence-electron chi connectivity index (χ1n) is 14.8. The van der Waals surface area contributed by atoms with Crippen LogP contribution in [0.1, 0.15) is 77.6 Å². The summed E-state index contributed by atoms with van der Waals surface area (Å²) in [6.07, 6.45) is 6.88. The van der Waals surface area contributed by atoms with Gasteiger partial charge in [0.15, 0.2) is 0 Å². The van der Waals surface area contributed by atoms with Crippen LogP contribution >= 0.6 is 0 Å². The van der Waals surface area contributed by atoms with Gasteiger partial charge in [-0.15, -0.1) is 0 Å². The average Bonchev–Trinajstić information content (AvgIpc) is 3.23. The number of anilines is 1. The van der Waals surface area contributed by atoms with E-state index in [9.17, 15) is 24.0 Å². The van der Waals surface area contributed by atoms with Gasteiger partial charge >= 0.3 is 0 Å². The molecule has 1 fully saturated rings. The van der Waals surface area contributed by atoms with Crippen molar-refractivity contribution in [2.75, 3.05) is 18.4 Å². The Morgan fingerprint density at radius 1 is 0.810 bits per heavy atom. The van der Waals surface area contributed by atoms with Crippen LogP contribution in [-0.2, 0) is 20.8 Å². The Bertz CT molecular complexity index is 1510. The molecule has 218 valence electrons. The number of fused-ring (bicyclic) bond motifs is 2. The van der Waals surface area contributed by atoms with Crippen molar-refractivity contribution >= 4 is 46.0 Å². The Morgan fingerprint density at radius 2 is 1.52 bits per heavy atom. The Balaban J connectivity index is 0.954. The molecule has 3 N–H and O–H groups in total. The lowest BCUT2D eigenvalue weighted by Gasteiger charge is -2.27. The molecule has 0 aromatic heterocycles. The van der Waals surface area contributed by atoms with Gasteiger partial charge in [0, 0.05) is 25.2 Å². The van der Waals surface area contributed by atoms with Gasteiger partial charge in [-0.05, 0) is 53.8 Å². The molecule has 5 rings (SSSR count). The third-order valence-electron chi connectivity index (χ3n) is 7.93. The quantitative estimate of drug-likeness (QED) is 0.208. The molecular formula is C33H36N4O5. The van der Waals surface area contributed by atoms with Crippen molar-refractivity contribution in [3.8, 4) is 0 Å². The number of nitrogens with one attached hydrogen (secondary N) is 3. The topological polar surface area (TPSA) is 125 Å². The molecule has 3 aromatic rings. The van der Waals surface area contributed by atoms with Crippen LogP contribution in [0, 0.1) is 0 Å². The van der Waals surface area contributed by atoms with Gasteiger partial charge in [0.2, 0.25) is 17.7 Å². The number of unbranched alkanes of at least 4 members (excludes halogenated alkanes) is 5. The lowest BCUT2D eigenvalue weighted by molar-refractivity contribution is -0.136. The summed E-state index contributed by atoms with van der Waals surface area (Å²) >= 11 is 0. The summed E-state index contributed by atoms with van der Waals surface area (Å²) in [5, 5.41) is 10.8. The molecule has 2 heterocycles. The fourth-order valence-electron chi connectivity index (χ4n) is 5.68. The minimum Gasteiger partial charge on any atom is -0.385 e. The van der Waals surface area contributed by atoms with Crippen molar-refractivity contribution in [1.82, 2.24) is 15.5 Å². The highest BCUT2D eigenvalue weighted by Crippen LogP contribution is 2.29. The van der Waals surface area contributed by atoms with Gasteiger partial charge in [-0.1, -0.05) is 68.1 Å². The van der Waals surface area contributed by atoms with E-state index in [1.165, 1.54) is 0 Å². The summed E-state index contributed by atoms with van der Waals surface area (Å²) in [5.74, 6) is -1.95. The molecular weight excluding hydrogens is 532 g/mol. The van der Waals surface area contributed by atoms with Crippen LogP contribution in [0.2, 0.25) is 0 Å². The highest BCUT2D eigenvalue weighted by atomic mass is 16.2. The highest BCUT2D eigenvalue weighted by Gasteiger charge is 2.44. The Hall–Kier alpha value is -4.53. The van der Waals surface area contributed by atoms with E-state index in [2.05, 4.69) is 34.1 Å². The molecule has 2 aliphatic rings. The van der Waals surface area contributed by atoms with Gasteiger partial charge < -0.3 is 10.6 Å². The van der Waals surface area contributed by atoms with E-state index in [0.29, 0.717) is 13.0 Å². The van der Waals surface area contributed by atoms with E-state index in [1.807, 2.05) is 24.3 Å². The first-order valence-corrected chi connectivity index (χ1v) is 14.8. The lowest BCUT2D eigenvalue weighted by atomic mass is 10.0. The number of hydrogen-bond acceptors (Lipinski definition) is 6. The molecule has 0 aliphatic carbocycles. The van der Waals surface area contributed by atoms with Crippen molar-refractivity contribution < 1.29 is 24.0 Å². The zero-order valence-corrected chi connectivity index (χ0v) is 23.6. The molecule has 42 heavy (non-hydrogen) atoms. The van der Waals surface area contributed by atoms with E-state index in [0.717, 1.165) is 72.0 Å². The second kappa shape index (κ2) is 13.4. The zero-order valence-electron chi connectivity index (χ0n) is 23.6. The monoisotopic (exact) mass is 568 g/mol. The zero-order chi connectivity index (χ0) is 29.5. The predicted octanol–water partition coefficient (Wildman–Crippen LogP) is 4.35. The summed E-state index contributed by atoms with van der Waals surface area (Å²) in [7, 11) is 0. The van der Waals surface area contributed by atoms with Gasteiger partial charge in [0.1, 0.15) is 6.04 Å². The van der Waals surface area contributed by atoms with Crippen LogP contribution in [0.15, 0.2) is 60.7 Å². The number of piperidine rings is 1. The number of carbonyl (C=O) groups excluding carboxylic acids is 5. The molecule has 1 atom stereocenters. The molecule has 0 radical (unpaired) electrons. The minimum atomic E-state index is -0.960. The molecule has 1 saturated heterocycles. The standard InChI is InChI=1S/C33H36N4O5/c38-29-17-16-28(31(40)36-29)37-32(41)26-15-14-24(21-27(26)33(37)42)34-18-7-3-1-2-4-8-19-35-30(39)20-23-12-9-11-22-10-5-6-13-25(22)23/h5-6,9-15,21,28,34H,1-4,7-8,16-20H2,(H,35,39)(H,36,38,40). The fourth-order valence-corrected chi connectivity index (χ4v) is 5.68. The summed E-state index contributed by atoms with van der Waals surface area (Å²) in [6, 6.07) is 18.3. The summed E-state index contributed by atoms with van der Waals surface area (Å²) in [4.78, 5) is 62.8. The predicted molar refractivity (Wildman–Crippen MR) is 160 cm³/mol. The van der Waals surface area contributed by atoms with E-state index in [-0.39, 0.29) is 29.9 Å². The SMILES string of the molecule is O=C(Cc1cccc2ccccc12)NCCCCCCCCNc1ccc2c(c1)C(=O)N(C1CCC(=O)NC1=O)C2=O. The maximum absolute atomic E-state index is 13.0. The van der Waals surface area contributed by atoms with Gasteiger partial charge in [-0.2, -0.15) is 0 Å². The highest BCUT2D eigenvalue weighted by molar-refractivity contribution is 6.23. The van der Waals surface area contributed by atoms with Gasteiger partial charge in [-0.25, -0.2) is 0 Å². The molecule has 3 aromatic carbocycles. The molecule has 0 saturated carbocycles. The normalized spacial score (nSPS) is 16.5. The number of imide groups is 2. The fraction of sp³-hybridized carbons (Fsp3) is 0.364. The number of benzene rings is 3. The van der Waals surface area contributed by atoms with Crippen LogP contribution in [0.3, 0.4) is 0 Å². The van der Waals surface area contributed by atoms with Crippen molar-refractivity contribution in [2.24, 2.45) is 0 Å². The molecule has 1 unspecified atom stereocenters. The molecule has 2 aliphatic heterocycles. The van der Waals surface area contributed by atoms with E-state index >= 15 is 0 Å². The van der Waals surface area contributed by atoms with Crippen LogP contribution in [0.5, 0.6) is 0 Å². The molecule has 9 heteroatoms. The summed E-state index contributed by atoms with van der Waals surface area (Å²) < 4.78 is 0. The molecule has 0 spiro atoms. The number of rotatable bonds is 13. The third kappa shape index (κ3) is 6.67. The van der Waals surface area contributed by atoms with E-state index < -0.39 is 29.7 Å². The summed E-state index contributed by atoms with van der Waals surface area (Å²) in [5.41, 5.74) is 2.35. The largest absolute Gasteiger partial charge is 0.385 e. The van der Waals surface area contributed by atoms with Crippen molar-refractivity contribution in [2.45, 2.75) is 63.8 Å². The number of nitrogens with zero attached hydrogens (tertiary/aromatic N) is 1. The maximum atomic E-state index is 13.0. The first-order chi connectivity index (χ1) is 20.4. The smallest absolute Gasteiger partial charge is 0.262 e. The Kier molecular flexibility index (Phi) is 9.26. The van der Waals surface area contributed by atoms with Crippen molar-refractivity contribution in [1.29, 1.82) is 0 Å². The number of hydrogen-bond donors (Lipinski definition) is 3. The van der Waals surface area contributed by atoms with E-state index in [4.69, 9.17) is 0 Å². The number of carbonyl (C=O) groups is 5. The van der Waals surface area contributed by atoms with Gasteiger partial charge in [0.25, 0.3) is 11.8 Å². The molecule has 0 bridgehead atoms. The first kappa shape index (κ1) is 29.0. The average molecular weight is 569 g/mol. The Labute approximate surface area is 245 Å². The van der Waals surface area contributed by atoms with Crippen LogP contribution in [0.4, 0.5) is 5.69 Å². The molecule has 5 amide bonds. The Morgan fingerprint density at radius 3 is 2.33 bits per heavy atom. The second-order valence-electron chi connectivity index (χ2n) is 10.9. The minimum absolute atomic E-state index is 0.0544. The molecule has 9 nitrogen and oxygen atoms in total. The van der Waals surface area contributed by atoms with Crippen LogP contribution in [-0.4, -0.2) is 53.6 Å². The third-order valence-corrected chi connectivity index (χ3v) is 7.93. The van der Waals surface area contributed by atoms with Gasteiger partial charge in [0.05, 0.1) is 17.5 Å². The van der Waals surface area contributed by atoms with Gasteiger partial charge in [-0.3, -0.25) is 34.2 Å². The lowest BCUT2D eigenvalue weighted by Crippen LogP contribution is -2.54. The van der Waals surface area contributed by atoms with Crippen LogP contribution < -0.4 is 16.0 Å².